The first kappa shape index (κ1) is 10.9. The molecule has 0 bridgehead atoms. The minimum atomic E-state index is -0.386. The average Bonchev–Trinajstić information content (AvgIpc) is 1.87. The molecule has 0 aromatic heterocycles. The van der Waals surface area contributed by atoms with Gasteiger partial charge in [-0.3, -0.25) is 0 Å². The van der Waals surface area contributed by atoms with Crippen LogP contribution in [-0.4, -0.2) is 35.6 Å². The van der Waals surface area contributed by atoms with Crippen LogP contribution in [0.25, 0.3) is 0 Å². The minimum absolute atomic E-state index is 0.0943. The van der Waals surface area contributed by atoms with Gasteiger partial charge in [0.2, 0.25) is 0 Å². The first-order valence-corrected chi connectivity index (χ1v) is 3.88. The lowest BCUT2D eigenvalue weighted by Gasteiger charge is -2.28. The van der Waals surface area contributed by atoms with Gasteiger partial charge in [0.1, 0.15) is 0 Å². The van der Waals surface area contributed by atoms with Gasteiger partial charge < -0.3 is 14.9 Å². The van der Waals surface area contributed by atoms with Crippen molar-refractivity contribution in [1.29, 1.82) is 0 Å². The van der Waals surface area contributed by atoms with E-state index < -0.39 is 0 Å². The number of ether oxygens (including phenoxy) is 1. The molecule has 0 saturated carbocycles. The lowest BCUT2D eigenvalue weighted by atomic mass is 9.95. The van der Waals surface area contributed by atoms with E-state index in [1.807, 2.05) is 6.92 Å². The van der Waals surface area contributed by atoms with Crippen LogP contribution in [0.1, 0.15) is 26.7 Å². The molecule has 0 aromatic rings. The highest BCUT2D eigenvalue weighted by Crippen LogP contribution is 2.20. The van der Waals surface area contributed by atoms with Gasteiger partial charge in [0.25, 0.3) is 0 Å². The van der Waals surface area contributed by atoms with Crippen molar-refractivity contribution in [3.8, 4) is 0 Å². The van der Waals surface area contributed by atoms with Crippen LogP contribution < -0.4 is 0 Å². The molecular weight excluding hydrogens is 144 g/mol. The monoisotopic (exact) mass is 162 g/mol. The number of aliphatic hydroxyl groups is 2. The van der Waals surface area contributed by atoms with Gasteiger partial charge in [-0.1, -0.05) is 0 Å². The third kappa shape index (κ3) is 4.35. The van der Waals surface area contributed by atoms with E-state index in [1.165, 1.54) is 0 Å². The topological polar surface area (TPSA) is 49.7 Å². The first-order chi connectivity index (χ1) is 5.04. The van der Waals surface area contributed by atoms with Gasteiger partial charge in [-0.25, -0.2) is 0 Å². The van der Waals surface area contributed by atoms with Gasteiger partial charge >= 0.3 is 0 Å². The second-order valence-corrected chi connectivity index (χ2v) is 3.18. The maximum atomic E-state index is 9.08. The smallest absolute Gasteiger partial charge is 0.0697 e. The van der Waals surface area contributed by atoms with Gasteiger partial charge in [0.15, 0.2) is 0 Å². The van der Waals surface area contributed by atoms with Crippen LogP contribution in [-0.2, 0) is 4.74 Å². The zero-order valence-corrected chi connectivity index (χ0v) is 7.50. The Kier molecular flexibility index (Phi) is 4.65. The van der Waals surface area contributed by atoms with Gasteiger partial charge in [-0.05, 0) is 20.3 Å². The van der Waals surface area contributed by atoms with Gasteiger partial charge in [0, 0.05) is 20.1 Å². The molecule has 0 radical (unpaired) electrons. The molecule has 2 unspecified atom stereocenters. The molecule has 3 nitrogen and oxygen atoms in total. The molecule has 3 heteroatoms. The summed E-state index contributed by atoms with van der Waals surface area (Å²) in [5.41, 5.74) is -0.386. The van der Waals surface area contributed by atoms with Crippen LogP contribution in [0.15, 0.2) is 0 Å². The van der Waals surface area contributed by atoms with Crippen molar-refractivity contribution in [2.45, 2.75) is 38.4 Å². The van der Waals surface area contributed by atoms with E-state index in [9.17, 15) is 0 Å². The van der Waals surface area contributed by atoms with Crippen molar-refractivity contribution in [3.63, 3.8) is 0 Å². The van der Waals surface area contributed by atoms with Crippen molar-refractivity contribution in [3.05, 3.63) is 0 Å². The molecule has 0 aliphatic carbocycles. The zero-order chi connectivity index (χ0) is 8.91. The largest absolute Gasteiger partial charge is 0.396 e. The van der Waals surface area contributed by atoms with E-state index >= 15 is 0 Å². The molecule has 2 atom stereocenters. The van der Waals surface area contributed by atoms with E-state index in [0.29, 0.717) is 12.8 Å². The van der Waals surface area contributed by atoms with Crippen molar-refractivity contribution >= 4 is 0 Å². The highest BCUT2D eigenvalue weighted by Gasteiger charge is 2.24. The molecule has 0 saturated heterocycles. The van der Waals surface area contributed by atoms with Crippen LogP contribution in [0, 0.1) is 0 Å². The summed E-state index contributed by atoms with van der Waals surface area (Å²) in [5, 5.41) is 17.8. The Labute approximate surface area is 68.0 Å². The summed E-state index contributed by atoms with van der Waals surface area (Å²) < 4.78 is 5.17. The summed E-state index contributed by atoms with van der Waals surface area (Å²) in [7, 11) is 1.60. The molecule has 0 amide bonds. The second kappa shape index (κ2) is 4.70. The quantitative estimate of drug-likeness (QED) is 0.620. The maximum absolute atomic E-state index is 9.08. The number of methoxy groups -OCH3 is 1. The lowest BCUT2D eigenvalue weighted by molar-refractivity contribution is -0.0439. The van der Waals surface area contributed by atoms with Gasteiger partial charge in [-0.15, -0.1) is 0 Å². The third-order valence-corrected chi connectivity index (χ3v) is 1.86. The Balaban J connectivity index is 3.87. The van der Waals surface area contributed by atoms with E-state index in [4.69, 9.17) is 14.9 Å². The molecular formula is C8H18O3. The molecule has 0 aliphatic rings. The number of hydrogen-bond acceptors (Lipinski definition) is 3. The Bertz CT molecular complexity index is 104. The van der Waals surface area contributed by atoms with Crippen molar-refractivity contribution in [2.75, 3.05) is 13.7 Å². The second-order valence-electron chi connectivity index (χ2n) is 3.18. The molecule has 0 fully saturated rings. The van der Waals surface area contributed by atoms with Crippen LogP contribution in [0.3, 0.4) is 0 Å². The SMILES string of the molecule is COC(C)(CCO)CC(C)O. The summed E-state index contributed by atoms with van der Waals surface area (Å²) in [6.45, 7) is 3.70. The Morgan fingerprint density at radius 2 is 2.09 bits per heavy atom. The van der Waals surface area contributed by atoms with Crippen LogP contribution in [0.5, 0.6) is 0 Å². The Morgan fingerprint density at radius 3 is 2.36 bits per heavy atom. The summed E-state index contributed by atoms with van der Waals surface area (Å²) in [5.74, 6) is 0. The number of rotatable bonds is 5. The predicted octanol–water partition coefficient (Wildman–Crippen LogP) is 0.545. The highest BCUT2D eigenvalue weighted by atomic mass is 16.5. The standard InChI is InChI=1S/C8H18O3/c1-7(10)6-8(2,11-3)4-5-9/h7,9-10H,4-6H2,1-3H3. The third-order valence-electron chi connectivity index (χ3n) is 1.86. The minimum Gasteiger partial charge on any atom is -0.396 e. The van der Waals surface area contributed by atoms with Crippen LogP contribution >= 0.6 is 0 Å². The fourth-order valence-corrected chi connectivity index (χ4v) is 1.15. The fourth-order valence-electron chi connectivity index (χ4n) is 1.15. The predicted molar refractivity (Wildman–Crippen MR) is 43.4 cm³/mol. The Morgan fingerprint density at radius 1 is 1.55 bits per heavy atom. The van der Waals surface area contributed by atoms with Crippen LogP contribution in [0.2, 0.25) is 0 Å². The van der Waals surface area contributed by atoms with Crippen LogP contribution in [0.4, 0.5) is 0 Å². The molecule has 0 aromatic carbocycles. The van der Waals surface area contributed by atoms with E-state index in [2.05, 4.69) is 0 Å². The fraction of sp³-hybridized carbons (Fsp3) is 1.00. The Hall–Kier alpha value is -0.120. The molecule has 2 N–H and O–H groups in total. The number of aliphatic hydroxyl groups excluding tert-OH is 2. The van der Waals surface area contributed by atoms with Gasteiger partial charge in [-0.2, -0.15) is 0 Å². The molecule has 11 heavy (non-hydrogen) atoms. The normalized spacial score (nSPS) is 19.4. The molecule has 0 heterocycles. The summed E-state index contributed by atoms with van der Waals surface area (Å²) in [6, 6.07) is 0. The van der Waals surface area contributed by atoms with Crippen molar-refractivity contribution in [1.82, 2.24) is 0 Å². The molecule has 0 aliphatic heterocycles. The highest BCUT2D eigenvalue weighted by molar-refractivity contribution is 4.76. The van der Waals surface area contributed by atoms with Crippen molar-refractivity contribution in [2.24, 2.45) is 0 Å². The summed E-state index contributed by atoms with van der Waals surface area (Å²) in [6.07, 6.45) is 0.741. The van der Waals surface area contributed by atoms with E-state index in [1.54, 1.807) is 14.0 Å². The van der Waals surface area contributed by atoms with Crippen molar-refractivity contribution < 1.29 is 14.9 Å². The average molecular weight is 162 g/mol. The first-order valence-electron chi connectivity index (χ1n) is 3.88. The molecule has 68 valence electrons. The van der Waals surface area contributed by atoms with Gasteiger partial charge in [0.05, 0.1) is 11.7 Å². The zero-order valence-electron chi connectivity index (χ0n) is 7.50. The number of hydrogen-bond donors (Lipinski definition) is 2. The summed E-state index contributed by atoms with van der Waals surface area (Å²) >= 11 is 0. The molecule has 0 rings (SSSR count). The summed E-state index contributed by atoms with van der Waals surface area (Å²) in [4.78, 5) is 0. The van der Waals surface area contributed by atoms with E-state index in [-0.39, 0.29) is 18.3 Å². The maximum Gasteiger partial charge on any atom is 0.0697 e. The van der Waals surface area contributed by atoms with E-state index in [0.717, 1.165) is 0 Å². The lowest BCUT2D eigenvalue weighted by Crippen LogP contribution is -2.32. The molecule has 0 spiro atoms.